The molecule has 2 aromatic rings. The van der Waals surface area contributed by atoms with Crippen LogP contribution < -0.4 is 5.32 Å². The molecule has 3 rings (SSSR count). The first-order chi connectivity index (χ1) is 9.60. The molecular formula is C15H15FN2OS. The van der Waals surface area contributed by atoms with Crippen molar-refractivity contribution in [1.29, 1.82) is 0 Å². The molecule has 1 aromatic carbocycles. The fourth-order valence-electron chi connectivity index (χ4n) is 2.37. The Balaban J connectivity index is 1.68. The van der Waals surface area contributed by atoms with E-state index in [2.05, 4.69) is 10.3 Å². The molecule has 0 atom stereocenters. The number of halogens is 1. The van der Waals surface area contributed by atoms with Gasteiger partial charge in [-0.25, -0.2) is 9.37 Å². The number of carbonyl (C=O) groups is 1. The normalized spacial score (nSPS) is 15.9. The van der Waals surface area contributed by atoms with Crippen molar-refractivity contribution in [2.24, 2.45) is 0 Å². The van der Waals surface area contributed by atoms with Gasteiger partial charge in [0.1, 0.15) is 5.82 Å². The van der Waals surface area contributed by atoms with Crippen molar-refractivity contribution in [3.8, 4) is 0 Å². The maximum Gasteiger partial charge on any atom is 0.230 e. The summed E-state index contributed by atoms with van der Waals surface area (Å²) in [5.74, 6) is -0.266. The number of benzene rings is 1. The Morgan fingerprint density at radius 2 is 2.10 bits per heavy atom. The zero-order valence-electron chi connectivity index (χ0n) is 11.1. The van der Waals surface area contributed by atoms with Gasteiger partial charge in [-0.05, 0) is 37.5 Å². The van der Waals surface area contributed by atoms with E-state index in [-0.39, 0.29) is 11.7 Å². The topological polar surface area (TPSA) is 42.0 Å². The van der Waals surface area contributed by atoms with Crippen molar-refractivity contribution >= 4 is 17.2 Å². The number of carbonyl (C=O) groups excluding carboxylic acids is 1. The lowest BCUT2D eigenvalue weighted by molar-refractivity contribution is -0.123. The minimum atomic E-state index is -0.460. The molecule has 104 valence electrons. The van der Waals surface area contributed by atoms with Crippen LogP contribution in [0.5, 0.6) is 0 Å². The molecule has 1 heterocycles. The highest BCUT2D eigenvalue weighted by Gasteiger charge is 2.51. The van der Waals surface area contributed by atoms with E-state index in [0.29, 0.717) is 6.54 Å². The second-order valence-electron chi connectivity index (χ2n) is 5.13. The van der Waals surface area contributed by atoms with E-state index in [1.54, 1.807) is 23.5 Å². The summed E-state index contributed by atoms with van der Waals surface area (Å²) in [4.78, 5) is 16.7. The molecule has 0 unspecified atom stereocenters. The van der Waals surface area contributed by atoms with Crippen LogP contribution in [0.3, 0.4) is 0 Å². The van der Waals surface area contributed by atoms with Crippen molar-refractivity contribution in [1.82, 2.24) is 10.3 Å². The van der Waals surface area contributed by atoms with Crippen LogP contribution in [0.4, 0.5) is 4.39 Å². The van der Waals surface area contributed by atoms with Gasteiger partial charge in [-0.2, -0.15) is 0 Å². The number of hydrogen-bond donors (Lipinski definition) is 1. The van der Waals surface area contributed by atoms with Crippen LogP contribution in [0.1, 0.15) is 29.1 Å². The van der Waals surface area contributed by atoms with Gasteiger partial charge in [0.2, 0.25) is 5.91 Å². The summed E-state index contributed by atoms with van der Waals surface area (Å²) >= 11 is 1.57. The summed E-state index contributed by atoms with van der Waals surface area (Å²) in [5.41, 5.74) is 1.32. The molecule has 0 spiro atoms. The third-order valence-corrected chi connectivity index (χ3v) is 4.50. The van der Waals surface area contributed by atoms with Crippen molar-refractivity contribution in [2.75, 3.05) is 0 Å². The molecule has 1 aromatic heterocycles. The zero-order chi connectivity index (χ0) is 14.2. The second kappa shape index (κ2) is 4.98. The minimum Gasteiger partial charge on any atom is -0.350 e. The number of thiazole rings is 1. The summed E-state index contributed by atoms with van der Waals surface area (Å²) in [6.07, 6.45) is 1.64. The van der Waals surface area contributed by atoms with Crippen molar-refractivity contribution < 1.29 is 9.18 Å². The fourth-order valence-corrected chi connectivity index (χ4v) is 2.98. The Hall–Kier alpha value is -1.75. The number of aromatic nitrogens is 1. The third-order valence-electron chi connectivity index (χ3n) is 3.68. The lowest BCUT2D eigenvalue weighted by atomic mass is 9.95. The van der Waals surface area contributed by atoms with E-state index in [9.17, 15) is 9.18 Å². The molecule has 1 aliphatic rings. The average molecular weight is 290 g/mol. The number of aryl methyl sites for hydroxylation is 1. The van der Waals surface area contributed by atoms with Crippen LogP contribution in [0.2, 0.25) is 0 Å². The summed E-state index contributed by atoms with van der Waals surface area (Å²) in [6, 6.07) is 6.22. The van der Waals surface area contributed by atoms with Crippen LogP contribution in [-0.2, 0) is 16.8 Å². The Bertz CT molecular complexity index is 632. The van der Waals surface area contributed by atoms with Gasteiger partial charge in [0.15, 0.2) is 0 Å². The Morgan fingerprint density at radius 1 is 1.40 bits per heavy atom. The third kappa shape index (κ3) is 2.45. The number of rotatable bonds is 4. The summed E-state index contributed by atoms with van der Waals surface area (Å²) < 4.78 is 13.0. The molecule has 1 saturated carbocycles. The first-order valence-electron chi connectivity index (χ1n) is 6.55. The SMILES string of the molecule is Cc1nc(CNC(=O)C2(c3ccc(F)cc3)CC2)cs1. The first-order valence-corrected chi connectivity index (χ1v) is 7.43. The fraction of sp³-hybridized carbons (Fsp3) is 0.333. The summed E-state index contributed by atoms with van der Waals surface area (Å²) in [6.45, 7) is 2.39. The second-order valence-corrected chi connectivity index (χ2v) is 6.19. The van der Waals surface area contributed by atoms with Gasteiger partial charge in [-0.15, -0.1) is 11.3 Å². The quantitative estimate of drug-likeness (QED) is 0.940. The van der Waals surface area contributed by atoms with E-state index >= 15 is 0 Å². The van der Waals surface area contributed by atoms with E-state index < -0.39 is 5.41 Å². The number of nitrogens with zero attached hydrogens (tertiary/aromatic N) is 1. The van der Waals surface area contributed by atoms with E-state index in [0.717, 1.165) is 29.1 Å². The van der Waals surface area contributed by atoms with Gasteiger partial charge in [-0.3, -0.25) is 4.79 Å². The van der Waals surface area contributed by atoms with Crippen molar-refractivity contribution in [2.45, 2.75) is 31.7 Å². The molecule has 0 radical (unpaired) electrons. The monoisotopic (exact) mass is 290 g/mol. The first kappa shape index (κ1) is 13.2. The maximum absolute atomic E-state index is 13.0. The van der Waals surface area contributed by atoms with Gasteiger partial charge in [-0.1, -0.05) is 12.1 Å². The van der Waals surface area contributed by atoms with E-state index in [1.165, 1.54) is 12.1 Å². The van der Waals surface area contributed by atoms with Gasteiger partial charge in [0.25, 0.3) is 0 Å². The predicted octanol–water partition coefficient (Wildman–Crippen LogP) is 2.94. The average Bonchev–Trinajstić information content (AvgIpc) is 3.15. The molecular weight excluding hydrogens is 275 g/mol. The van der Waals surface area contributed by atoms with Crippen LogP contribution >= 0.6 is 11.3 Å². The van der Waals surface area contributed by atoms with Crippen molar-refractivity contribution in [3.05, 3.63) is 51.7 Å². The largest absolute Gasteiger partial charge is 0.350 e. The molecule has 1 N–H and O–H groups in total. The van der Waals surface area contributed by atoms with Gasteiger partial charge >= 0.3 is 0 Å². The minimum absolute atomic E-state index is 0.00904. The smallest absolute Gasteiger partial charge is 0.230 e. The Labute approximate surface area is 120 Å². The number of hydrogen-bond acceptors (Lipinski definition) is 3. The van der Waals surface area contributed by atoms with Crippen LogP contribution in [0.15, 0.2) is 29.6 Å². The van der Waals surface area contributed by atoms with E-state index in [4.69, 9.17) is 0 Å². The molecule has 0 aliphatic heterocycles. The van der Waals surface area contributed by atoms with Gasteiger partial charge < -0.3 is 5.32 Å². The molecule has 1 amide bonds. The lowest BCUT2D eigenvalue weighted by Gasteiger charge is -2.15. The van der Waals surface area contributed by atoms with Crippen molar-refractivity contribution in [3.63, 3.8) is 0 Å². The standard InChI is InChI=1S/C15H15FN2OS/c1-10-18-13(9-20-10)8-17-14(19)15(6-7-15)11-2-4-12(16)5-3-11/h2-5,9H,6-8H2,1H3,(H,17,19). The number of amides is 1. The summed E-state index contributed by atoms with van der Waals surface area (Å²) in [5, 5.41) is 5.89. The zero-order valence-corrected chi connectivity index (χ0v) is 12.0. The van der Waals surface area contributed by atoms with Gasteiger partial charge in [0.05, 0.1) is 22.7 Å². The van der Waals surface area contributed by atoms with Gasteiger partial charge in [0, 0.05) is 5.38 Å². The predicted molar refractivity (Wildman–Crippen MR) is 76.0 cm³/mol. The van der Waals surface area contributed by atoms with E-state index in [1.807, 2.05) is 12.3 Å². The van der Waals surface area contributed by atoms with Crippen LogP contribution in [0.25, 0.3) is 0 Å². The summed E-state index contributed by atoms with van der Waals surface area (Å²) in [7, 11) is 0. The molecule has 5 heteroatoms. The molecule has 0 bridgehead atoms. The molecule has 1 aliphatic carbocycles. The Morgan fingerprint density at radius 3 is 2.65 bits per heavy atom. The highest BCUT2D eigenvalue weighted by molar-refractivity contribution is 7.09. The Kier molecular flexibility index (Phi) is 3.30. The number of nitrogens with one attached hydrogen (secondary N) is 1. The molecule has 0 saturated heterocycles. The van der Waals surface area contributed by atoms with Crippen LogP contribution in [-0.4, -0.2) is 10.9 Å². The highest BCUT2D eigenvalue weighted by atomic mass is 32.1. The van der Waals surface area contributed by atoms with Crippen LogP contribution in [0, 0.1) is 12.7 Å². The maximum atomic E-state index is 13.0. The highest BCUT2D eigenvalue weighted by Crippen LogP contribution is 2.48. The lowest BCUT2D eigenvalue weighted by Crippen LogP contribution is -2.34. The molecule has 20 heavy (non-hydrogen) atoms. The molecule has 3 nitrogen and oxygen atoms in total. The molecule has 1 fully saturated rings.